The van der Waals surface area contributed by atoms with Crippen molar-refractivity contribution in [2.75, 3.05) is 13.7 Å². The number of thiol groups is 1. The predicted molar refractivity (Wildman–Crippen MR) is 102 cm³/mol. The van der Waals surface area contributed by atoms with Crippen LogP contribution in [0, 0.1) is 0 Å². The zero-order chi connectivity index (χ0) is 18.6. The summed E-state index contributed by atoms with van der Waals surface area (Å²) in [5.41, 5.74) is 0. The number of carbonyl (C=O) groups is 1. The predicted octanol–water partition coefficient (Wildman–Crippen LogP) is 4.94. The number of hydrogen-bond acceptors (Lipinski definition) is 5. The first-order valence-corrected chi connectivity index (χ1v) is 11.1. The van der Waals surface area contributed by atoms with Gasteiger partial charge in [0, 0.05) is 6.42 Å². The van der Waals surface area contributed by atoms with Crippen LogP contribution in [0.3, 0.4) is 0 Å². The molecule has 0 amide bonds. The van der Waals surface area contributed by atoms with Gasteiger partial charge in [0.2, 0.25) is 0 Å². The number of unbranched alkanes of at least 4 members (excludes halogenated alkanes) is 14. The lowest BCUT2D eigenvalue weighted by Crippen LogP contribution is -1.99. The molecule has 5 nitrogen and oxygen atoms in total. The van der Waals surface area contributed by atoms with E-state index in [2.05, 4.69) is 8.92 Å². The lowest BCUT2D eigenvalue weighted by atomic mass is 10.0. The van der Waals surface area contributed by atoms with Crippen LogP contribution in [-0.2, 0) is 24.7 Å². The average molecular weight is 379 g/mol. The minimum Gasteiger partial charge on any atom is -0.469 e. The van der Waals surface area contributed by atoms with Crippen molar-refractivity contribution in [2.24, 2.45) is 0 Å². The summed E-state index contributed by atoms with van der Waals surface area (Å²) < 4.78 is 29.5. The lowest BCUT2D eigenvalue weighted by molar-refractivity contribution is -0.140. The molecule has 0 unspecified atom stereocenters. The molecule has 0 bridgehead atoms. The summed E-state index contributed by atoms with van der Waals surface area (Å²) in [5, 5.41) is 0. The minimum atomic E-state index is -2.66. The highest BCUT2D eigenvalue weighted by molar-refractivity contribution is 7.67. The van der Waals surface area contributed by atoms with E-state index in [4.69, 9.17) is 0 Å². The molecule has 0 spiro atoms. The molecule has 150 valence electrons. The van der Waals surface area contributed by atoms with E-state index >= 15 is 0 Å². The molecule has 25 heavy (non-hydrogen) atoms. The van der Waals surface area contributed by atoms with E-state index in [1.54, 1.807) is 0 Å². The maximum atomic E-state index is 10.9. The van der Waals surface area contributed by atoms with Gasteiger partial charge in [-0.15, -0.1) is 0 Å². The molecule has 0 fully saturated rings. The second-order valence-electron chi connectivity index (χ2n) is 6.69. The Morgan fingerprint density at radius 3 is 1.36 bits per heavy atom. The number of hydrogen-bond donors (Lipinski definition) is 1. The van der Waals surface area contributed by atoms with Crippen LogP contribution in [0.2, 0.25) is 0 Å². The monoisotopic (exact) mass is 378 g/mol. The molecule has 0 aromatic rings. The van der Waals surface area contributed by atoms with Gasteiger partial charge in [-0.3, -0.25) is 8.98 Å². The van der Waals surface area contributed by atoms with Gasteiger partial charge in [-0.1, -0.05) is 83.5 Å². The molecule has 6 heteroatoms. The SMILES string of the molecule is COC(=O)CCCCCCCCCCCCCCCCCO[SH](=O)=O. The van der Waals surface area contributed by atoms with Gasteiger partial charge >= 0.3 is 5.97 Å². The van der Waals surface area contributed by atoms with E-state index in [1.165, 1.54) is 77.7 Å². The summed E-state index contributed by atoms with van der Waals surface area (Å²) in [7, 11) is -1.22. The Morgan fingerprint density at radius 1 is 0.640 bits per heavy atom. The molecule has 0 saturated carbocycles. The molecule has 0 aliphatic carbocycles. The van der Waals surface area contributed by atoms with E-state index in [-0.39, 0.29) is 5.97 Å². The van der Waals surface area contributed by atoms with Crippen molar-refractivity contribution in [3.8, 4) is 0 Å². The van der Waals surface area contributed by atoms with Crippen LogP contribution in [0.4, 0.5) is 0 Å². The Morgan fingerprint density at radius 2 is 1.00 bits per heavy atom. The van der Waals surface area contributed by atoms with Gasteiger partial charge < -0.3 is 4.74 Å². The number of carbonyl (C=O) groups excluding carboxylic acids is 1. The lowest BCUT2D eigenvalue weighted by Gasteiger charge is -2.03. The number of esters is 1. The first-order chi connectivity index (χ1) is 12.2. The molecule has 0 rings (SSSR count). The fourth-order valence-electron chi connectivity index (χ4n) is 2.91. The summed E-state index contributed by atoms with van der Waals surface area (Å²) in [6, 6.07) is 0. The van der Waals surface area contributed by atoms with Crippen LogP contribution < -0.4 is 0 Å². The number of ether oxygens (including phenoxy) is 1. The third-order valence-electron chi connectivity index (χ3n) is 4.45. The van der Waals surface area contributed by atoms with E-state index in [9.17, 15) is 13.2 Å². The van der Waals surface area contributed by atoms with Gasteiger partial charge in [-0.25, -0.2) is 8.42 Å². The Kier molecular flexibility index (Phi) is 19.2. The first kappa shape index (κ1) is 24.4. The van der Waals surface area contributed by atoms with Crippen LogP contribution >= 0.6 is 0 Å². The zero-order valence-corrected chi connectivity index (χ0v) is 16.9. The molecule has 0 radical (unpaired) electrons. The standard InChI is InChI=1S/C19H38O5S/c1-23-19(20)17-15-13-11-9-7-5-3-2-4-6-8-10-12-14-16-18-24-25(21)22/h25H,2-18H2,1H3. The summed E-state index contributed by atoms with van der Waals surface area (Å²) >= 11 is 0. The molecule has 0 heterocycles. The van der Waals surface area contributed by atoms with Crippen molar-refractivity contribution in [3.63, 3.8) is 0 Å². The van der Waals surface area contributed by atoms with E-state index < -0.39 is 11.0 Å². The normalized spacial score (nSPS) is 11.1. The van der Waals surface area contributed by atoms with E-state index in [1.807, 2.05) is 0 Å². The molecule has 0 atom stereocenters. The van der Waals surface area contributed by atoms with Gasteiger partial charge in [0.1, 0.15) is 0 Å². The topological polar surface area (TPSA) is 69.7 Å². The number of rotatable bonds is 19. The maximum Gasteiger partial charge on any atom is 0.305 e. The molecule has 0 N–H and O–H groups in total. The second kappa shape index (κ2) is 19.7. The first-order valence-electron chi connectivity index (χ1n) is 10.0. The average Bonchev–Trinajstić information content (AvgIpc) is 2.60. The van der Waals surface area contributed by atoms with E-state index in [0.717, 1.165) is 25.7 Å². The minimum absolute atomic E-state index is 0.0913. The van der Waals surface area contributed by atoms with Crippen molar-refractivity contribution in [1.29, 1.82) is 0 Å². The highest BCUT2D eigenvalue weighted by Crippen LogP contribution is 2.13. The second-order valence-corrected chi connectivity index (χ2v) is 7.39. The van der Waals surface area contributed by atoms with Crippen LogP contribution in [-0.4, -0.2) is 28.1 Å². The van der Waals surface area contributed by atoms with Gasteiger partial charge in [-0.2, -0.15) is 0 Å². The van der Waals surface area contributed by atoms with Gasteiger partial charge in [-0.05, 0) is 12.8 Å². The number of methoxy groups -OCH3 is 1. The molecular weight excluding hydrogens is 340 g/mol. The fraction of sp³-hybridized carbons (Fsp3) is 0.947. The quantitative estimate of drug-likeness (QED) is 0.196. The smallest absolute Gasteiger partial charge is 0.305 e. The van der Waals surface area contributed by atoms with Crippen molar-refractivity contribution in [3.05, 3.63) is 0 Å². The maximum absolute atomic E-state index is 10.9. The van der Waals surface area contributed by atoms with Crippen LogP contribution in [0.5, 0.6) is 0 Å². The van der Waals surface area contributed by atoms with Crippen LogP contribution in [0.1, 0.15) is 103 Å². The third kappa shape index (κ3) is 21.3. The Bertz CT molecular complexity index is 361. The van der Waals surface area contributed by atoms with Crippen molar-refractivity contribution < 1.29 is 22.1 Å². The summed E-state index contributed by atoms with van der Waals surface area (Å²) in [6.45, 7) is 0.337. The Balaban J connectivity index is 3.04. The van der Waals surface area contributed by atoms with E-state index in [0.29, 0.717) is 13.0 Å². The van der Waals surface area contributed by atoms with Gasteiger partial charge in [0.15, 0.2) is 0 Å². The molecular formula is C19H38O5S. The molecule has 0 aromatic carbocycles. The molecule has 0 aliphatic rings. The van der Waals surface area contributed by atoms with Crippen molar-refractivity contribution in [2.45, 2.75) is 103 Å². The fourth-order valence-corrected chi connectivity index (χ4v) is 3.19. The summed E-state index contributed by atoms with van der Waals surface area (Å²) in [4.78, 5) is 10.9. The zero-order valence-electron chi connectivity index (χ0n) is 16.0. The van der Waals surface area contributed by atoms with Gasteiger partial charge in [0.05, 0.1) is 13.7 Å². The Labute approximate surface area is 156 Å². The van der Waals surface area contributed by atoms with Gasteiger partial charge in [0.25, 0.3) is 11.0 Å². The van der Waals surface area contributed by atoms with Crippen molar-refractivity contribution >= 4 is 17.0 Å². The Hall–Kier alpha value is -0.620. The highest BCUT2D eigenvalue weighted by Gasteiger charge is 1.99. The molecule has 0 aromatic heterocycles. The van der Waals surface area contributed by atoms with Crippen molar-refractivity contribution in [1.82, 2.24) is 0 Å². The molecule has 0 saturated heterocycles. The largest absolute Gasteiger partial charge is 0.469 e. The third-order valence-corrected chi connectivity index (χ3v) is 4.84. The highest BCUT2D eigenvalue weighted by atomic mass is 32.2. The summed E-state index contributed by atoms with van der Waals surface area (Å²) in [6.07, 6.45) is 18.7. The molecule has 0 aliphatic heterocycles. The summed E-state index contributed by atoms with van der Waals surface area (Å²) in [5.74, 6) is -0.0913. The van der Waals surface area contributed by atoms with Crippen LogP contribution in [0.25, 0.3) is 0 Å². The van der Waals surface area contributed by atoms with Crippen LogP contribution in [0.15, 0.2) is 0 Å².